The van der Waals surface area contributed by atoms with Gasteiger partial charge in [-0.05, 0) is 49.1 Å². The van der Waals surface area contributed by atoms with Crippen molar-refractivity contribution in [3.05, 3.63) is 75.3 Å². The van der Waals surface area contributed by atoms with Gasteiger partial charge < -0.3 is 0 Å². The monoisotopic (exact) mass is 379 g/mol. The molecule has 3 aromatic rings. The molecule has 118 valence electrons. The molecule has 0 atom stereocenters. The van der Waals surface area contributed by atoms with Gasteiger partial charge in [-0.25, -0.2) is 4.90 Å². The Morgan fingerprint density at radius 3 is 2.29 bits per heavy atom. The maximum absolute atomic E-state index is 13.1. The standard InChI is InChI=1S/C20H14BrNO2/c1-11-6-9-17(12(2)10-11)22-19(23)14-5-3-4-13-16(21)8-7-15(18(13)14)20(22)24/h3-10H,1-2H3. The van der Waals surface area contributed by atoms with Gasteiger partial charge in [0, 0.05) is 21.0 Å². The molecule has 0 saturated heterocycles. The summed E-state index contributed by atoms with van der Waals surface area (Å²) in [4.78, 5) is 27.4. The first kappa shape index (κ1) is 15.1. The molecule has 3 nitrogen and oxygen atoms in total. The maximum atomic E-state index is 13.1. The van der Waals surface area contributed by atoms with Gasteiger partial charge in [0.05, 0.1) is 5.69 Å². The number of nitrogens with zero attached hydrogens (tertiary/aromatic N) is 1. The molecule has 0 bridgehead atoms. The molecule has 0 saturated carbocycles. The number of carbonyl (C=O) groups is 2. The van der Waals surface area contributed by atoms with Crippen LogP contribution in [-0.2, 0) is 0 Å². The zero-order valence-electron chi connectivity index (χ0n) is 13.3. The molecule has 0 spiro atoms. The lowest BCUT2D eigenvalue weighted by atomic mass is 9.93. The van der Waals surface area contributed by atoms with E-state index in [1.807, 2.05) is 50.2 Å². The van der Waals surface area contributed by atoms with Gasteiger partial charge in [-0.3, -0.25) is 9.59 Å². The van der Waals surface area contributed by atoms with E-state index in [2.05, 4.69) is 15.9 Å². The molecule has 0 N–H and O–H groups in total. The van der Waals surface area contributed by atoms with E-state index in [1.165, 1.54) is 4.90 Å². The zero-order valence-corrected chi connectivity index (χ0v) is 14.8. The minimum atomic E-state index is -0.275. The van der Waals surface area contributed by atoms with Crippen molar-refractivity contribution in [2.24, 2.45) is 0 Å². The second-order valence-electron chi connectivity index (χ2n) is 6.06. The average Bonchev–Trinajstić information content (AvgIpc) is 2.56. The van der Waals surface area contributed by atoms with Crippen LogP contribution < -0.4 is 4.90 Å². The second kappa shape index (κ2) is 5.28. The number of halogens is 1. The summed E-state index contributed by atoms with van der Waals surface area (Å²) < 4.78 is 0.878. The van der Waals surface area contributed by atoms with Gasteiger partial charge in [0.15, 0.2) is 0 Å². The molecule has 1 aliphatic heterocycles. The fourth-order valence-corrected chi connectivity index (χ4v) is 3.80. The Bertz CT molecular complexity index is 1020. The summed E-state index contributed by atoms with van der Waals surface area (Å²) >= 11 is 3.50. The molecule has 0 aliphatic carbocycles. The Morgan fingerprint density at radius 1 is 0.875 bits per heavy atom. The lowest BCUT2D eigenvalue weighted by Gasteiger charge is -2.28. The minimum absolute atomic E-state index is 0.275. The fourth-order valence-electron chi connectivity index (χ4n) is 3.34. The van der Waals surface area contributed by atoms with E-state index in [0.717, 1.165) is 26.4 Å². The van der Waals surface area contributed by atoms with E-state index in [4.69, 9.17) is 0 Å². The fraction of sp³-hybridized carbons (Fsp3) is 0.100. The van der Waals surface area contributed by atoms with Crippen LogP contribution in [0.3, 0.4) is 0 Å². The molecular weight excluding hydrogens is 366 g/mol. The van der Waals surface area contributed by atoms with Gasteiger partial charge in [0.2, 0.25) is 0 Å². The Hall–Kier alpha value is -2.46. The third-order valence-electron chi connectivity index (χ3n) is 4.45. The van der Waals surface area contributed by atoms with E-state index >= 15 is 0 Å². The van der Waals surface area contributed by atoms with Crippen LogP contribution in [0.2, 0.25) is 0 Å². The van der Waals surface area contributed by atoms with E-state index in [1.54, 1.807) is 12.1 Å². The molecule has 0 aromatic heterocycles. The summed E-state index contributed by atoms with van der Waals surface area (Å²) in [6.45, 7) is 3.91. The van der Waals surface area contributed by atoms with Crippen molar-refractivity contribution in [3.63, 3.8) is 0 Å². The molecule has 24 heavy (non-hydrogen) atoms. The number of hydrogen-bond donors (Lipinski definition) is 0. The van der Waals surface area contributed by atoms with Gasteiger partial charge in [0.1, 0.15) is 0 Å². The molecule has 2 amide bonds. The maximum Gasteiger partial charge on any atom is 0.265 e. The summed E-state index contributed by atoms with van der Waals surface area (Å²) in [5, 5.41) is 1.61. The highest BCUT2D eigenvalue weighted by Gasteiger charge is 2.34. The van der Waals surface area contributed by atoms with Crippen molar-refractivity contribution in [1.29, 1.82) is 0 Å². The van der Waals surface area contributed by atoms with Crippen molar-refractivity contribution in [2.45, 2.75) is 13.8 Å². The van der Waals surface area contributed by atoms with Crippen molar-refractivity contribution < 1.29 is 9.59 Å². The predicted molar refractivity (Wildman–Crippen MR) is 98.7 cm³/mol. The molecule has 1 aliphatic rings. The van der Waals surface area contributed by atoms with Crippen molar-refractivity contribution in [1.82, 2.24) is 0 Å². The number of rotatable bonds is 1. The first-order valence-electron chi connectivity index (χ1n) is 7.66. The number of imide groups is 1. The third kappa shape index (κ3) is 2.03. The van der Waals surface area contributed by atoms with Gasteiger partial charge in [0.25, 0.3) is 11.8 Å². The van der Waals surface area contributed by atoms with E-state index in [-0.39, 0.29) is 11.8 Å². The zero-order chi connectivity index (χ0) is 17.0. The van der Waals surface area contributed by atoms with Crippen LogP contribution in [-0.4, -0.2) is 11.8 Å². The van der Waals surface area contributed by atoms with Gasteiger partial charge >= 0.3 is 0 Å². The Labute approximate surface area is 148 Å². The first-order valence-corrected chi connectivity index (χ1v) is 8.45. The van der Waals surface area contributed by atoms with Crippen LogP contribution >= 0.6 is 15.9 Å². The Balaban J connectivity index is 2.01. The second-order valence-corrected chi connectivity index (χ2v) is 6.91. The quantitative estimate of drug-likeness (QED) is 0.556. The predicted octanol–water partition coefficient (Wildman–Crippen LogP) is 5.02. The van der Waals surface area contributed by atoms with Crippen molar-refractivity contribution in [2.75, 3.05) is 4.90 Å². The van der Waals surface area contributed by atoms with Crippen LogP contribution in [0.4, 0.5) is 5.69 Å². The molecule has 1 heterocycles. The summed E-state index contributed by atoms with van der Waals surface area (Å²) in [6.07, 6.45) is 0. The normalized spacial score (nSPS) is 13.7. The highest BCUT2D eigenvalue weighted by molar-refractivity contribution is 9.10. The van der Waals surface area contributed by atoms with E-state index in [9.17, 15) is 9.59 Å². The third-order valence-corrected chi connectivity index (χ3v) is 5.14. The topological polar surface area (TPSA) is 37.4 Å². The Kier molecular flexibility index (Phi) is 3.32. The summed E-state index contributed by atoms with van der Waals surface area (Å²) in [6, 6.07) is 14.9. The lowest BCUT2D eigenvalue weighted by molar-refractivity contribution is 0.0893. The largest absolute Gasteiger partial charge is 0.268 e. The molecular formula is C20H14BrNO2. The van der Waals surface area contributed by atoms with Gasteiger partial charge in [-0.1, -0.05) is 45.8 Å². The molecule has 4 rings (SSSR count). The number of anilines is 1. The number of benzene rings is 3. The average molecular weight is 380 g/mol. The van der Waals surface area contributed by atoms with E-state index < -0.39 is 0 Å². The Morgan fingerprint density at radius 2 is 1.58 bits per heavy atom. The van der Waals surface area contributed by atoms with Crippen LogP contribution in [0, 0.1) is 13.8 Å². The molecule has 0 unspecified atom stereocenters. The highest BCUT2D eigenvalue weighted by atomic mass is 79.9. The van der Waals surface area contributed by atoms with Crippen LogP contribution in [0.25, 0.3) is 10.8 Å². The molecule has 4 heteroatoms. The summed E-state index contributed by atoms with van der Waals surface area (Å²) in [5.74, 6) is -0.550. The van der Waals surface area contributed by atoms with Crippen LogP contribution in [0.5, 0.6) is 0 Å². The highest BCUT2D eigenvalue weighted by Crippen LogP contribution is 2.36. The minimum Gasteiger partial charge on any atom is -0.268 e. The van der Waals surface area contributed by atoms with Crippen molar-refractivity contribution in [3.8, 4) is 0 Å². The smallest absolute Gasteiger partial charge is 0.265 e. The number of carbonyl (C=O) groups excluding carboxylic acids is 2. The number of amides is 2. The van der Waals surface area contributed by atoms with E-state index in [0.29, 0.717) is 16.8 Å². The van der Waals surface area contributed by atoms with Crippen LogP contribution in [0.1, 0.15) is 31.8 Å². The van der Waals surface area contributed by atoms with Crippen molar-refractivity contribution >= 4 is 44.2 Å². The van der Waals surface area contributed by atoms with Crippen LogP contribution in [0.15, 0.2) is 53.0 Å². The lowest BCUT2D eigenvalue weighted by Crippen LogP contribution is -2.40. The summed E-state index contributed by atoms with van der Waals surface area (Å²) in [7, 11) is 0. The first-order chi connectivity index (χ1) is 11.5. The number of aryl methyl sites for hydroxylation is 2. The van der Waals surface area contributed by atoms with Gasteiger partial charge in [-0.15, -0.1) is 0 Å². The SMILES string of the molecule is Cc1ccc(N2C(=O)c3cccc4c(Br)ccc(c34)C2=O)c(C)c1. The number of hydrogen-bond acceptors (Lipinski definition) is 2. The molecule has 0 radical (unpaired) electrons. The molecule has 0 fully saturated rings. The van der Waals surface area contributed by atoms with Gasteiger partial charge in [-0.2, -0.15) is 0 Å². The molecule has 3 aromatic carbocycles. The summed E-state index contributed by atoms with van der Waals surface area (Å²) in [5.41, 5.74) is 3.76.